The first-order valence-electron chi connectivity index (χ1n) is 5.38. The number of nitrogens with zero attached hydrogens (tertiary/aromatic N) is 1. The minimum Gasteiger partial charge on any atom is -0.344 e. The SMILES string of the molecule is CCc1cc(Br)ccc1NC1=NCCC1. The molecular weight excluding hydrogens is 252 g/mol. The van der Waals surface area contributed by atoms with Crippen molar-refractivity contribution < 1.29 is 0 Å². The summed E-state index contributed by atoms with van der Waals surface area (Å²) in [6, 6.07) is 6.35. The molecule has 0 aromatic heterocycles. The normalized spacial score (nSPS) is 15.2. The number of benzene rings is 1. The number of halogens is 1. The summed E-state index contributed by atoms with van der Waals surface area (Å²) in [4.78, 5) is 4.42. The van der Waals surface area contributed by atoms with Gasteiger partial charge in [0.1, 0.15) is 5.84 Å². The van der Waals surface area contributed by atoms with Gasteiger partial charge in [0, 0.05) is 23.1 Å². The predicted octanol–water partition coefficient (Wildman–Crippen LogP) is 3.62. The Hall–Kier alpha value is -0.830. The van der Waals surface area contributed by atoms with Gasteiger partial charge in [-0.2, -0.15) is 0 Å². The first-order chi connectivity index (χ1) is 7.29. The summed E-state index contributed by atoms with van der Waals surface area (Å²) in [5.74, 6) is 1.13. The maximum atomic E-state index is 4.42. The van der Waals surface area contributed by atoms with E-state index in [1.807, 2.05) is 0 Å². The second kappa shape index (κ2) is 4.79. The molecule has 0 aliphatic carbocycles. The summed E-state index contributed by atoms with van der Waals surface area (Å²) in [6.07, 6.45) is 3.30. The number of hydrogen-bond acceptors (Lipinski definition) is 2. The summed E-state index contributed by atoms with van der Waals surface area (Å²) in [6.45, 7) is 3.14. The molecule has 1 aromatic carbocycles. The Balaban J connectivity index is 2.19. The van der Waals surface area contributed by atoms with Crippen LogP contribution in [0.25, 0.3) is 0 Å². The Labute approximate surface area is 98.9 Å². The number of aryl methyl sites for hydroxylation is 1. The van der Waals surface area contributed by atoms with Gasteiger partial charge in [0.2, 0.25) is 0 Å². The lowest BCUT2D eigenvalue weighted by Crippen LogP contribution is -2.09. The first-order valence-corrected chi connectivity index (χ1v) is 6.17. The Morgan fingerprint density at radius 2 is 2.33 bits per heavy atom. The lowest BCUT2D eigenvalue weighted by atomic mass is 10.1. The number of aliphatic imine (C=N–C) groups is 1. The molecule has 1 aromatic rings. The highest BCUT2D eigenvalue weighted by molar-refractivity contribution is 9.10. The highest BCUT2D eigenvalue weighted by Crippen LogP contribution is 2.22. The van der Waals surface area contributed by atoms with E-state index in [-0.39, 0.29) is 0 Å². The van der Waals surface area contributed by atoms with Crippen molar-refractivity contribution in [1.29, 1.82) is 0 Å². The molecule has 0 bridgehead atoms. The highest BCUT2D eigenvalue weighted by Gasteiger charge is 2.08. The van der Waals surface area contributed by atoms with Crippen LogP contribution < -0.4 is 5.32 Å². The van der Waals surface area contributed by atoms with Crippen LogP contribution in [0.2, 0.25) is 0 Å². The zero-order valence-corrected chi connectivity index (χ0v) is 10.5. The molecule has 80 valence electrons. The molecule has 2 nitrogen and oxygen atoms in total. The maximum Gasteiger partial charge on any atom is 0.101 e. The number of anilines is 1. The van der Waals surface area contributed by atoms with E-state index in [9.17, 15) is 0 Å². The highest BCUT2D eigenvalue weighted by atomic mass is 79.9. The van der Waals surface area contributed by atoms with Crippen molar-refractivity contribution in [3.05, 3.63) is 28.2 Å². The Morgan fingerprint density at radius 1 is 1.47 bits per heavy atom. The van der Waals surface area contributed by atoms with E-state index in [2.05, 4.69) is 51.4 Å². The van der Waals surface area contributed by atoms with Gasteiger partial charge in [0.25, 0.3) is 0 Å². The number of hydrogen-bond donors (Lipinski definition) is 1. The van der Waals surface area contributed by atoms with Crippen LogP contribution in [0.3, 0.4) is 0 Å². The van der Waals surface area contributed by atoms with Crippen molar-refractivity contribution >= 4 is 27.5 Å². The second-order valence-corrected chi connectivity index (χ2v) is 4.63. The smallest absolute Gasteiger partial charge is 0.101 e. The zero-order chi connectivity index (χ0) is 10.7. The molecule has 0 radical (unpaired) electrons. The van der Waals surface area contributed by atoms with Crippen LogP contribution in [0, 0.1) is 0 Å². The molecule has 1 heterocycles. The van der Waals surface area contributed by atoms with Crippen molar-refractivity contribution in [2.75, 3.05) is 11.9 Å². The molecule has 3 heteroatoms. The lowest BCUT2D eigenvalue weighted by molar-refractivity contribution is 0.951. The Kier molecular flexibility index (Phi) is 3.41. The largest absolute Gasteiger partial charge is 0.344 e. The molecule has 0 unspecified atom stereocenters. The zero-order valence-electron chi connectivity index (χ0n) is 8.89. The van der Waals surface area contributed by atoms with Crippen LogP contribution in [0.1, 0.15) is 25.3 Å². The summed E-state index contributed by atoms with van der Waals surface area (Å²) >= 11 is 3.49. The van der Waals surface area contributed by atoms with Crippen molar-refractivity contribution in [3.63, 3.8) is 0 Å². The fourth-order valence-electron chi connectivity index (χ4n) is 1.77. The van der Waals surface area contributed by atoms with Gasteiger partial charge in [-0.15, -0.1) is 0 Å². The molecule has 1 N–H and O–H groups in total. The summed E-state index contributed by atoms with van der Waals surface area (Å²) in [5, 5.41) is 3.42. The van der Waals surface area contributed by atoms with E-state index < -0.39 is 0 Å². The van der Waals surface area contributed by atoms with Crippen molar-refractivity contribution in [3.8, 4) is 0 Å². The van der Waals surface area contributed by atoms with Crippen LogP contribution in [-0.4, -0.2) is 12.4 Å². The lowest BCUT2D eigenvalue weighted by Gasteiger charge is -2.10. The van der Waals surface area contributed by atoms with E-state index in [1.165, 1.54) is 17.7 Å². The molecule has 0 saturated carbocycles. The Morgan fingerprint density at radius 3 is 3.00 bits per heavy atom. The van der Waals surface area contributed by atoms with E-state index >= 15 is 0 Å². The first kappa shape index (κ1) is 10.7. The molecule has 0 saturated heterocycles. The summed E-state index contributed by atoms with van der Waals surface area (Å²) < 4.78 is 1.14. The van der Waals surface area contributed by atoms with Crippen molar-refractivity contribution in [2.24, 2.45) is 4.99 Å². The van der Waals surface area contributed by atoms with Crippen molar-refractivity contribution in [2.45, 2.75) is 26.2 Å². The molecule has 0 spiro atoms. The third-order valence-electron chi connectivity index (χ3n) is 2.60. The van der Waals surface area contributed by atoms with Crippen LogP contribution in [-0.2, 0) is 6.42 Å². The number of amidine groups is 1. The van der Waals surface area contributed by atoms with Crippen LogP contribution in [0.4, 0.5) is 5.69 Å². The predicted molar refractivity (Wildman–Crippen MR) is 68.7 cm³/mol. The van der Waals surface area contributed by atoms with E-state index in [4.69, 9.17) is 0 Å². The molecule has 2 rings (SSSR count). The average Bonchev–Trinajstić information content (AvgIpc) is 2.73. The minimum atomic E-state index is 0.973. The molecule has 0 atom stereocenters. The second-order valence-electron chi connectivity index (χ2n) is 3.71. The van der Waals surface area contributed by atoms with Gasteiger partial charge in [-0.25, -0.2) is 0 Å². The van der Waals surface area contributed by atoms with E-state index in [1.54, 1.807) is 0 Å². The van der Waals surface area contributed by atoms with Crippen molar-refractivity contribution in [1.82, 2.24) is 0 Å². The van der Waals surface area contributed by atoms with Gasteiger partial charge in [-0.1, -0.05) is 22.9 Å². The molecule has 0 fully saturated rings. The van der Waals surface area contributed by atoms with Gasteiger partial charge >= 0.3 is 0 Å². The Bertz CT molecular complexity index is 385. The quantitative estimate of drug-likeness (QED) is 0.869. The molecule has 15 heavy (non-hydrogen) atoms. The van der Waals surface area contributed by atoms with E-state index in [0.29, 0.717) is 0 Å². The average molecular weight is 267 g/mol. The number of nitrogens with one attached hydrogen (secondary N) is 1. The molecule has 1 aliphatic heterocycles. The summed E-state index contributed by atoms with van der Waals surface area (Å²) in [5.41, 5.74) is 2.53. The topological polar surface area (TPSA) is 24.4 Å². The standard InChI is InChI=1S/C12H15BrN2/c1-2-9-8-10(13)5-6-11(9)15-12-4-3-7-14-12/h5-6,8H,2-4,7H2,1H3,(H,14,15). The third-order valence-corrected chi connectivity index (χ3v) is 3.09. The molecule has 0 amide bonds. The van der Waals surface area contributed by atoms with Gasteiger partial charge in [0.15, 0.2) is 0 Å². The fourth-order valence-corrected chi connectivity index (χ4v) is 2.18. The minimum absolute atomic E-state index is 0.973. The van der Waals surface area contributed by atoms with Crippen LogP contribution >= 0.6 is 15.9 Å². The monoisotopic (exact) mass is 266 g/mol. The molecular formula is C12H15BrN2. The third kappa shape index (κ3) is 2.59. The summed E-state index contributed by atoms with van der Waals surface area (Å²) in [7, 11) is 0. The molecule has 1 aliphatic rings. The van der Waals surface area contributed by atoms with Gasteiger partial charge in [0.05, 0.1) is 0 Å². The fraction of sp³-hybridized carbons (Fsp3) is 0.417. The van der Waals surface area contributed by atoms with Gasteiger partial charge in [-0.3, -0.25) is 4.99 Å². The van der Waals surface area contributed by atoms with Crippen LogP contribution in [0.15, 0.2) is 27.7 Å². The van der Waals surface area contributed by atoms with E-state index in [0.717, 1.165) is 29.7 Å². The van der Waals surface area contributed by atoms with Gasteiger partial charge < -0.3 is 5.32 Å². The number of rotatable bonds is 2. The van der Waals surface area contributed by atoms with Crippen LogP contribution in [0.5, 0.6) is 0 Å². The maximum absolute atomic E-state index is 4.42. The van der Waals surface area contributed by atoms with Gasteiger partial charge in [-0.05, 0) is 36.6 Å².